The second kappa shape index (κ2) is 6.21. The normalized spacial score (nSPS) is 10.8. The minimum Gasteiger partial charge on any atom is -0.297 e. The van der Waals surface area contributed by atoms with Gasteiger partial charge in [0.05, 0.1) is 5.56 Å². The lowest BCUT2D eigenvalue weighted by atomic mass is 10.2. The fourth-order valence-electron chi connectivity index (χ4n) is 1.93. The third-order valence-corrected chi connectivity index (χ3v) is 3.99. The Hall–Kier alpha value is -1.33. The number of thiophene rings is 1. The second-order valence-electron chi connectivity index (χ2n) is 4.31. The lowest BCUT2D eigenvalue weighted by molar-refractivity contribution is 0.617. The Labute approximate surface area is 119 Å². The van der Waals surface area contributed by atoms with Crippen LogP contribution in [0.25, 0.3) is 0 Å². The Morgan fingerprint density at radius 2 is 2.16 bits per heavy atom. The molecule has 102 valence electrons. The Bertz CT molecular complexity index is 658. The molecule has 2 aromatic heterocycles. The zero-order chi connectivity index (χ0) is 13.8. The smallest absolute Gasteiger partial charge is 0.297 e. The van der Waals surface area contributed by atoms with Gasteiger partial charge in [-0.3, -0.25) is 14.3 Å². The van der Waals surface area contributed by atoms with Crippen LogP contribution in [0.15, 0.2) is 26.4 Å². The Morgan fingerprint density at radius 3 is 2.79 bits per heavy atom. The minimum atomic E-state index is -0.440. The van der Waals surface area contributed by atoms with Crippen LogP contribution in [0.5, 0.6) is 0 Å². The van der Waals surface area contributed by atoms with E-state index in [1.54, 1.807) is 11.3 Å². The first-order valence-corrected chi connectivity index (χ1v) is 7.48. The van der Waals surface area contributed by atoms with E-state index in [1.165, 1.54) is 4.57 Å². The van der Waals surface area contributed by atoms with Crippen molar-refractivity contribution in [2.75, 3.05) is 0 Å². The highest BCUT2D eigenvalue weighted by Crippen LogP contribution is 2.09. The van der Waals surface area contributed by atoms with Gasteiger partial charge in [0.1, 0.15) is 5.15 Å². The Balaban J connectivity index is 2.32. The van der Waals surface area contributed by atoms with E-state index in [4.69, 9.17) is 11.6 Å². The molecule has 0 fully saturated rings. The molecule has 6 heteroatoms. The molecule has 0 bridgehead atoms. The number of aromatic amines is 1. The van der Waals surface area contributed by atoms with Crippen LogP contribution in [0.3, 0.4) is 0 Å². The van der Waals surface area contributed by atoms with Crippen molar-refractivity contribution in [2.24, 2.45) is 0 Å². The molecule has 0 saturated heterocycles. The summed E-state index contributed by atoms with van der Waals surface area (Å²) in [6.07, 6.45) is 2.05. The van der Waals surface area contributed by atoms with E-state index in [1.807, 2.05) is 23.8 Å². The Morgan fingerprint density at radius 1 is 1.37 bits per heavy atom. The molecule has 0 aliphatic carbocycles. The zero-order valence-corrected chi connectivity index (χ0v) is 12.2. The standard InChI is InChI=1S/C13H15ClN2O2S/c1-2-3-10-11(14)15-13(18)16(12(10)17)6-4-9-5-7-19-8-9/h5,7-8H,2-4,6H2,1H3,(H,15,18). The first-order valence-electron chi connectivity index (χ1n) is 6.16. The van der Waals surface area contributed by atoms with Crippen molar-refractivity contribution >= 4 is 22.9 Å². The van der Waals surface area contributed by atoms with Crippen molar-refractivity contribution < 1.29 is 0 Å². The predicted molar refractivity (Wildman–Crippen MR) is 78.4 cm³/mol. The first kappa shape index (κ1) is 14.1. The third kappa shape index (κ3) is 3.16. The zero-order valence-electron chi connectivity index (χ0n) is 10.6. The molecule has 0 radical (unpaired) electrons. The van der Waals surface area contributed by atoms with Gasteiger partial charge >= 0.3 is 5.69 Å². The highest BCUT2D eigenvalue weighted by molar-refractivity contribution is 7.07. The quantitative estimate of drug-likeness (QED) is 0.862. The topological polar surface area (TPSA) is 54.9 Å². The van der Waals surface area contributed by atoms with Crippen LogP contribution in [0, 0.1) is 0 Å². The molecule has 0 aliphatic heterocycles. The van der Waals surface area contributed by atoms with Crippen molar-refractivity contribution in [3.05, 3.63) is 53.9 Å². The van der Waals surface area contributed by atoms with E-state index >= 15 is 0 Å². The van der Waals surface area contributed by atoms with Gasteiger partial charge in [-0.15, -0.1) is 0 Å². The SMILES string of the molecule is CCCc1c(Cl)[nH]c(=O)n(CCc2ccsc2)c1=O. The van der Waals surface area contributed by atoms with Crippen LogP contribution in [-0.4, -0.2) is 9.55 Å². The van der Waals surface area contributed by atoms with E-state index in [2.05, 4.69) is 4.98 Å². The number of H-pyrrole nitrogens is 1. The fourth-order valence-corrected chi connectivity index (χ4v) is 2.89. The maximum absolute atomic E-state index is 12.2. The predicted octanol–water partition coefficient (Wildman–Crippen LogP) is 2.45. The van der Waals surface area contributed by atoms with Crippen LogP contribution >= 0.6 is 22.9 Å². The summed E-state index contributed by atoms with van der Waals surface area (Å²) >= 11 is 7.52. The highest BCUT2D eigenvalue weighted by atomic mass is 35.5. The average molecular weight is 299 g/mol. The van der Waals surface area contributed by atoms with Gasteiger partial charge in [0.2, 0.25) is 0 Å². The highest BCUT2D eigenvalue weighted by Gasteiger charge is 2.11. The maximum atomic E-state index is 12.2. The summed E-state index contributed by atoms with van der Waals surface area (Å²) in [7, 11) is 0. The van der Waals surface area contributed by atoms with Crippen LogP contribution in [-0.2, 0) is 19.4 Å². The molecule has 0 saturated carbocycles. The lowest BCUT2D eigenvalue weighted by Gasteiger charge is -2.08. The van der Waals surface area contributed by atoms with Gasteiger partial charge in [-0.25, -0.2) is 4.79 Å². The summed E-state index contributed by atoms with van der Waals surface area (Å²) in [5.74, 6) is 0. The van der Waals surface area contributed by atoms with E-state index in [0.717, 1.165) is 12.0 Å². The molecule has 0 spiro atoms. The summed E-state index contributed by atoms with van der Waals surface area (Å²) in [6, 6.07) is 1.99. The number of hydrogen-bond donors (Lipinski definition) is 1. The number of hydrogen-bond acceptors (Lipinski definition) is 3. The van der Waals surface area contributed by atoms with Gasteiger partial charge in [0.15, 0.2) is 0 Å². The Kier molecular flexibility index (Phi) is 4.61. The molecular weight excluding hydrogens is 284 g/mol. The summed E-state index contributed by atoms with van der Waals surface area (Å²) < 4.78 is 1.23. The van der Waals surface area contributed by atoms with E-state index in [9.17, 15) is 9.59 Å². The number of halogens is 1. The first-order chi connectivity index (χ1) is 9.13. The summed E-state index contributed by atoms with van der Waals surface area (Å²) in [6.45, 7) is 2.34. The molecular formula is C13H15ClN2O2S. The van der Waals surface area contributed by atoms with Crippen LogP contribution in [0.1, 0.15) is 24.5 Å². The van der Waals surface area contributed by atoms with Gasteiger partial charge in [-0.2, -0.15) is 11.3 Å². The lowest BCUT2D eigenvalue weighted by Crippen LogP contribution is -2.37. The number of nitrogens with zero attached hydrogens (tertiary/aromatic N) is 1. The molecule has 19 heavy (non-hydrogen) atoms. The van der Waals surface area contributed by atoms with Crippen molar-refractivity contribution in [2.45, 2.75) is 32.7 Å². The van der Waals surface area contributed by atoms with Crippen molar-refractivity contribution in [3.63, 3.8) is 0 Å². The van der Waals surface area contributed by atoms with Crippen LogP contribution < -0.4 is 11.2 Å². The molecule has 0 aliphatic rings. The number of aromatic nitrogens is 2. The van der Waals surface area contributed by atoms with Crippen LogP contribution in [0.2, 0.25) is 5.15 Å². The maximum Gasteiger partial charge on any atom is 0.329 e. The fraction of sp³-hybridized carbons (Fsp3) is 0.385. The van der Waals surface area contributed by atoms with E-state index < -0.39 is 5.69 Å². The monoisotopic (exact) mass is 298 g/mol. The number of rotatable bonds is 5. The van der Waals surface area contributed by atoms with E-state index in [0.29, 0.717) is 24.9 Å². The third-order valence-electron chi connectivity index (χ3n) is 2.93. The molecule has 0 unspecified atom stereocenters. The van der Waals surface area contributed by atoms with Gasteiger partial charge in [-0.1, -0.05) is 24.9 Å². The molecule has 0 amide bonds. The molecule has 2 aromatic rings. The summed E-state index contributed by atoms with van der Waals surface area (Å²) in [5, 5.41) is 4.16. The van der Waals surface area contributed by atoms with Gasteiger partial charge in [0, 0.05) is 6.54 Å². The molecule has 2 rings (SSSR count). The summed E-state index contributed by atoms with van der Waals surface area (Å²) in [4.78, 5) is 26.6. The van der Waals surface area contributed by atoms with Crippen molar-refractivity contribution in [1.82, 2.24) is 9.55 Å². The molecule has 4 nitrogen and oxygen atoms in total. The van der Waals surface area contributed by atoms with E-state index in [-0.39, 0.29) is 10.7 Å². The largest absolute Gasteiger partial charge is 0.329 e. The molecule has 0 atom stereocenters. The summed E-state index contributed by atoms with van der Waals surface area (Å²) in [5.41, 5.74) is 0.910. The molecule has 2 heterocycles. The van der Waals surface area contributed by atoms with Gasteiger partial charge in [0.25, 0.3) is 5.56 Å². The van der Waals surface area contributed by atoms with Crippen LogP contribution in [0.4, 0.5) is 0 Å². The molecule has 0 aromatic carbocycles. The second-order valence-corrected chi connectivity index (χ2v) is 5.47. The van der Waals surface area contributed by atoms with Crippen molar-refractivity contribution in [3.8, 4) is 0 Å². The number of nitrogens with one attached hydrogen (secondary N) is 1. The average Bonchev–Trinajstić information content (AvgIpc) is 2.87. The van der Waals surface area contributed by atoms with Gasteiger partial charge < -0.3 is 0 Å². The van der Waals surface area contributed by atoms with Gasteiger partial charge in [-0.05, 0) is 35.2 Å². The minimum absolute atomic E-state index is 0.170. The van der Waals surface area contributed by atoms with Crippen molar-refractivity contribution in [1.29, 1.82) is 0 Å². The number of aryl methyl sites for hydroxylation is 1. The molecule has 1 N–H and O–H groups in total.